The lowest BCUT2D eigenvalue weighted by Gasteiger charge is -2.15. The average molecular weight is 513 g/mol. The quantitative estimate of drug-likeness (QED) is 0.253. The van der Waals surface area contributed by atoms with Crippen molar-refractivity contribution in [3.8, 4) is 0 Å². The number of hydrogen-bond donors (Lipinski definition) is 1. The molecule has 0 heterocycles. The number of unbranched alkanes of at least 4 members (excludes halogenated alkanes) is 1. The minimum absolute atomic E-state index is 0.0463. The Morgan fingerprint density at radius 2 is 1.96 bits per heavy atom. The molecule has 27 heavy (non-hydrogen) atoms. The van der Waals surface area contributed by atoms with E-state index in [0.717, 1.165) is 16.2 Å². The van der Waals surface area contributed by atoms with Crippen molar-refractivity contribution in [3.63, 3.8) is 0 Å². The number of hydrogen-bond acceptors (Lipinski definition) is 3. The fourth-order valence-electron chi connectivity index (χ4n) is 3.17. The van der Waals surface area contributed by atoms with E-state index in [2.05, 4.69) is 37.2 Å². The first-order chi connectivity index (χ1) is 12.6. The number of anilines is 1. The van der Waals surface area contributed by atoms with Gasteiger partial charge in [-0.2, -0.15) is 0 Å². The summed E-state index contributed by atoms with van der Waals surface area (Å²) in [6.45, 7) is 5.67. The Bertz CT molecular complexity index is 749. The van der Waals surface area contributed by atoms with Crippen LogP contribution in [0.4, 0.5) is 18.9 Å². The minimum atomic E-state index is -1.31. The van der Waals surface area contributed by atoms with E-state index in [1.807, 2.05) is 26.8 Å². The van der Waals surface area contributed by atoms with Gasteiger partial charge >= 0.3 is 5.97 Å². The number of esters is 1. The predicted molar refractivity (Wildman–Crippen MR) is 106 cm³/mol. The second kappa shape index (κ2) is 8.99. The summed E-state index contributed by atoms with van der Waals surface area (Å²) in [5.41, 5.74) is -0.785. The van der Waals surface area contributed by atoms with Crippen LogP contribution in [-0.2, 0) is 16.1 Å². The standard InChI is InChI=1S/C19H22Br2F3NO2/c1-4-5-6-25-17-10(16(24)12(22)8-13(17)23)9-27-18(26)15-11(7-14(20)21)19(15,2)3/h7-8,11,15,25H,4-6,9H2,1-3H3/t11-,15-/m0/s1. The molecule has 0 radical (unpaired) electrons. The summed E-state index contributed by atoms with van der Waals surface area (Å²) in [5, 5.41) is 2.78. The van der Waals surface area contributed by atoms with Crippen molar-refractivity contribution < 1.29 is 22.7 Å². The summed E-state index contributed by atoms with van der Waals surface area (Å²) in [7, 11) is 0. The molecule has 8 heteroatoms. The Labute approximate surface area is 174 Å². The number of rotatable bonds is 8. The van der Waals surface area contributed by atoms with Gasteiger partial charge in [0.2, 0.25) is 0 Å². The van der Waals surface area contributed by atoms with Crippen LogP contribution >= 0.6 is 31.9 Å². The van der Waals surface area contributed by atoms with Crippen molar-refractivity contribution in [2.24, 2.45) is 17.3 Å². The van der Waals surface area contributed by atoms with Crippen molar-refractivity contribution in [1.82, 2.24) is 0 Å². The fraction of sp³-hybridized carbons (Fsp3) is 0.526. The minimum Gasteiger partial charge on any atom is -0.460 e. The van der Waals surface area contributed by atoms with E-state index in [-0.39, 0.29) is 22.6 Å². The van der Waals surface area contributed by atoms with Crippen LogP contribution in [0.1, 0.15) is 39.2 Å². The van der Waals surface area contributed by atoms with Crippen molar-refractivity contribution in [2.75, 3.05) is 11.9 Å². The van der Waals surface area contributed by atoms with E-state index in [0.29, 0.717) is 12.6 Å². The number of allylic oxidation sites excluding steroid dienone is 1. The van der Waals surface area contributed by atoms with Gasteiger partial charge in [0.05, 0.1) is 20.6 Å². The van der Waals surface area contributed by atoms with Crippen molar-refractivity contribution in [2.45, 2.75) is 40.2 Å². The molecule has 0 saturated heterocycles. The number of carbonyl (C=O) groups excluding carboxylic acids is 1. The number of benzene rings is 1. The maximum absolute atomic E-state index is 14.2. The molecule has 0 aromatic heterocycles. The van der Waals surface area contributed by atoms with Gasteiger partial charge in [0, 0.05) is 12.6 Å². The second-order valence-electron chi connectivity index (χ2n) is 7.18. The first kappa shape index (κ1) is 22.3. The molecule has 0 aliphatic heterocycles. The molecule has 0 bridgehead atoms. The predicted octanol–water partition coefficient (Wildman–Crippen LogP) is 6.26. The SMILES string of the molecule is CCCCNc1c(F)cc(F)c(F)c1COC(=O)[C@@H]1[C@H](C=C(Br)Br)C1(C)C. The van der Waals surface area contributed by atoms with Crippen LogP contribution in [0.5, 0.6) is 0 Å². The molecule has 0 unspecified atom stereocenters. The van der Waals surface area contributed by atoms with Gasteiger partial charge in [0.1, 0.15) is 12.4 Å². The highest BCUT2D eigenvalue weighted by Gasteiger charge is 2.61. The molecule has 3 nitrogen and oxygen atoms in total. The third-order valence-electron chi connectivity index (χ3n) is 4.93. The molecule has 1 aromatic carbocycles. The zero-order valence-corrected chi connectivity index (χ0v) is 18.5. The van der Waals surface area contributed by atoms with E-state index >= 15 is 0 Å². The molecule has 1 N–H and O–H groups in total. The lowest BCUT2D eigenvalue weighted by Crippen LogP contribution is -2.15. The summed E-state index contributed by atoms with van der Waals surface area (Å²) in [6, 6.07) is 0.493. The Kier molecular flexibility index (Phi) is 7.41. The van der Waals surface area contributed by atoms with E-state index < -0.39 is 35.9 Å². The van der Waals surface area contributed by atoms with E-state index in [1.165, 1.54) is 0 Å². The summed E-state index contributed by atoms with van der Waals surface area (Å²) >= 11 is 6.54. The van der Waals surface area contributed by atoms with Crippen LogP contribution in [0.25, 0.3) is 0 Å². The summed E-state index contributed by atoms with van der Waals surface area (Å²) in [4.78, 5) is 12.4. The molecule has 0 amide bonds. The number of halogens is 5. The summed E-state index contributed by atoms with van der Waals surface area (Å²) in [6.07, 6.45) is 3.45. The number of ether oxygens (including phenoxy) is 1. The monoisotopic (exact) mass is 511 g/mol. The van der Waals surface area contributed by atoms with Gasteiger partial charge in [-0.1, -0.05) is 33.3 Å². The van der Waals surface area contributed by atoms with Crippen LogP contribution in [0.3, 0.4) is 0 Å². The maximum Gasteiger partial charge on any atom is 0.310 e. The topological polar surface area (TPSA) is 38.3 Å². The molecular weight excluding hydrogens is 491 g/mol. The molecule has 150 valence electrons. The van der Waals surface area contributed by atoms with Gasteiger partial charge in [-0.3, -0.25) is 4.79 Å². The first-order valence-electron chi connectivity index (χ1n) is 8.70. The van der Waals surface area contributed by atoms with Gasteiger partial charge in [-0.25, -0.2) is 13.2 Å². The summed E-state index contributed by atoms with van der Waals surface area (Å²) in [5.74, 6) is -4.40. The highest BCUT2D eigenvalue weighted by Crippen LogP contribution is 2.60. The van der Waals surface area contributed by atoms with Gasteiger partial charge in [0.15, 0.2) is 11.6 Å². The van der Waals surface area contributed by atoms with E-state index in [1.54, 1.807) is 0 Å². The van der Waals surface area contributed by atoms with Gasteiger partial charge in [-0.15, -0.1) is 0 Å². The Morgan fingerprint density at radius 3 is 2.56 bits per heavy atom. The zero-order valence-electron chi connectivity index (χ0n) is 15.3. The molecular formula is C19H22Br2F3NO2. The number of nitrogens with one attached hydrogen (secondary N) is 1. The smallest absolute Gasteiger partial charge is 0.310 e. The van der Waals surface area contributed by atoms with Crippen molar-refractivity contribution >= 4 is 43.5 Å². The van der Waals surface area contributed by atoms with Gasteiger partial charge in [-0.05, 0) is 49.6 Å². The molecule has 1 aliphatic carbocycles. The van der Waals surface area contributed by atoms with E-state index in [4.69, 9.17) is 4.74 Å². The molecule has 1 saturated carbocycles. The largest absolute Gasteiger partial charge is 0.460 e. The van der Waals surface area contributed by atoms with Crippen LogP contribution < -0.4 is 5.32 Å². The Morgan fingerprint density at radius 1 is 1.30 bits per heavy atom. The summed E-state index contributed by atoms with van der Waals surface area (Å²) < 4.78 is 47.9. The molecule has 1 fully saturated rings. The van der Waals surface area contributed by atoms with E-state index in [9.17, 15) is 18.0 Å². The van der Waals surface area contributed by atoms with Crippen LogP contribution in [0, 0.1) is 34.7 Å². The molecule has 0 spiro atoms. The molecule has 1 aliphatic rings. The highest BCUT2D eigenvalue weighted by molar-refractivity contribution is 9.28. The second-order valence-corrected chi connectivity index (χ2v) is 9.95. The van der Waals surface area contributed by atoms with Crippen LogP contribution in [0.2, 0.25) is 0 Å². The Balaban J connectivity index is 2.15. The lowest BCUT2D eigenvalue weighted by molar-refractivity contribution is -0.147. The average Bonchev–Trinajstić information content (AvgIpc) is 3.11. The lowest BCUT2D eigenvalue weighted by atomic mass is 10.1. The van der Waals surface area contributed by atoms with Crippen LogP contribution in [0.15, 0.2) is 15.5 Å². The Hall–Kier alpha value is -1.02. The van der Waals surface area contributed by atoms with Gasteiger partial charge < -0.3 is 10.1 Å². The van der Waals surface area contributed by atoms with Crippen molar-refractivity contribution in [1.29, 1.82) is 0 Å². The maximum atomic E-state index is 14.2. The first-order valence-corrected chi connectivity index (χ1v) is 10.3. The normalized spacial score (nSPS) is 20.1. The molecule has 2 rings (SSSR count). The number of carbonyl (C=O) groups is 1. The third kappa shape index (κ3) is 5.08. The highest BCUT2D eigenvalue weighted by atomic mass is 79.9. The van der Waals surface area contributed by atoms with Crippen molar-refractivity contribution in [3.05, 3.63) is 38.5 Å². The molecule has 2 atom stereocenters. The zero-order chi connectivity index (χ0) is 20.4. The third-order valence-corrected chi connectivity index (χ3v) is 5.46. The van der Waals surface area contributed by atoms with Gasteiger partial charge in [0.25, 0.3) is 0 Å². The molecule has 1 aromatic rings. The van der Waals surface area contributed by atoms with Crippen LogP contribution in [-0.4, -0.2) is 12.5 Å². The fourth-order valence-corrected chi connectivity index (χ4v) is 3.74.